The van der Waals surface area contributed by atoms with Crippen LogP contribution in [0.5, 0.6) is 0 Å². The SMILES string of the molecule is OCc1cnc(-c2cc(F)cc(F)c2)nc1. The van der Waals surface area contributed by atoms with Crippen LogP contribution in [0.3, 0.4) is 0 Å². The fourth-order valence-electron chi connectivity index (χ4n) is 1.27. The van der Waals surface area contributed by atoms with E-state index in [0.717, 1.165) is 18.2 Å². The van der Waals surface area contributed by atoms with Crippen LogP contribution in [0.25, 0.3) is 11.4 Å². The van der Waals surface area contributed by atoms with Crippen LogP contribution in [0.4, 0.5) is 8.78 Å². The van der Waals surface area contributed by atoms with E-state index in [1.54, 1.807) is 0 Å². The Bertz CT molecular complexity index is 480. The van der Waals surface area contributed by atoms with Crippen LogP contribution >= 0.6 is 0 Å². The van der Waals surface area contributed by atoms with Crippen molar-refractivity contribution in [3.05, 3.63) is 47.8 Å². The molecule has 0 unspecified atom stereocenters. The van der Waals surface area contributed by atoms with Gasteiger partial charge in [-0.05, 0) is 12.1 Å². The maximum Gasteiger partial charge on any atom is 0.159 e. The van der Waals surface area contributed by atoms with Crippen LogP contribution in [0.15, 0.2) is 30.6 Å². The van der Waals surface area contributed by atoms with E-state index >= 15 is 0 Å². The van der Waals surface area contributed by atoms with Gasteiger partial charge in [-0.25, -0.2) is 18.7 Å². The van der Waals surface area contributed by atoms with Crippen molar-refractivity contribution in [2.75, 3.05) is 0 Å². The monoisotopic (exact) mass is 222 g/mol. The van der Waals surface area contributed by atoms with Crippen LogP contribution in [0, 0.1) is 11.6 Å². The molecule has 0 atom stereocenters. The number of nitrogens with zero attached hydrogens (tertiary/aromatic N) is 2. The van der Waals surface area contributed by atoms with E-state index < -0.39 is 11.6 Å². The third-order valence-electron chi connectivity index (χ3n) is 2.01. The fourth-order valence-corrected chi connectivity index (χ4v) is 1.27. The zero-order valence-electron chi connectivity index (χ0n) is 8.19. The minimum atomic E-state index is -0.676. The van der Waals surface area contributed by atoms with Crippen LogP contribution in [0.1, 0.15) is 5.56 Å². The molecule has 2 rings (SSSR count). The molecule has 82 valence electrons. The first-order chi connectivity index (χ1) is 7.69. The summed E-state index contributed by atoms with van der Waals surface area (Å²) in [6.07, 6.45) is 2.82. The third kappa shape index (κ3) is 2.20. The van der Waals surface area contributed by atoms with Gasteiger partial charge in [-0.1, -0.05) is 0 Å². The second-order valence-electron chi connectivity index (χ2n) is 3.23. The Kier molecular flexibility index (Phi) is 2.87. The molecule has 0 fully saturated rings. The van der Waals surface area contributed by atoms with Gasteiger partial charge in [-0.15, -0.1) is 0 Å². The fraction of sp³-hybridized carbons (Fsp3) is 0.0909. The molecule has 0 radical (unpaired) electrons. The van der Waals surface area contributed by atoms with Gasteiger partial charge in [0, 0.05) is 29.6 Å². The lowest BCUT2D eigenvalue weighted by Crippen LogP contribution is -1.93. The number of hydrogen-bond acceptors (Lipinski definition) is 3. The molecule has 1 heterocycles. The highest BCUT2D eigenvalue weighted by atomic mass is 19.1. The van der Waals surface area contributed by atoms with Gasteiger partial charge in [-0.3, -0.25) is 0 Å². The van der Waals surface area contributed by atoms with Crippen molar-refractivity contribution < 1.29 is 13.9 Å². The summed E-state index contributed by atoms with van der Waals surface area (Å²) in [7, 11) is 0. The molecule has 5 heteroatoms. The predicted molar refractivity (Wildman–Crippen MR) is 53.3 cm³/mol. The molecular formula is C11H8F2N2O. The lowest BCUT2D eigenvalue weighted by molar-refractivity contribution is 0.281. The molecule has 16 heavy (non-hydrogen) atoms. The molecule has 1 aromatic carbocycles. The maximum atomic E-state index is 12.9. The van der Waals surface area contributed by atoms with Crippen LogP contribution in [-0.4, -0.2) is 15.1 Å². The molecule has 0 aliphatic carbocycles. The van der Waals surface area contributed by atoms with Crippen molar-refractivity contribution >= 4 is 0 Å². The minimum absolute atomic E-state index is 0.169. The predicted octanol–water partition coefficient (Wildman–Crippen LogP) is 1.91. The molecule has 0 bridgehead atoms. The number of aromatic nitrogens is 2. The second-order valence-corrected chi connectivity index (χ2v) is 3.23. The number of aliphatic hydroxyl groups is 1. The zero-order chi connectivity index (χ0) is 11.5. The Hall–Kier alpha value is -1.88. The van der Waals surface area contributed by atoms with Crippen molar-refractivity contribution in [2.24, 2.45) is 0 Å². The lowest BCUT2D eigenvalue weighted by atomic mass is 10.2. The summed E-state index contributed by atoms with van der Waals surface area (Å²) in [6, 6.07) is 3.08. The second kappa shape index (κ2) is 4.32. The van der Waals surface area contributed by atoms with E-state index in [1.807, 2.05) is 0 Å². The highest BCUT2D eigenvalue weighted by Gasteiger charge is 2.05. The molecule has 1 aromatic heterocycles. The van der Waals surface area contributed by atoms with Gasteiger partial charge in [0.05, 0.1) is 6.61 Å². The molecule has 0 aliphatic heterocycles. The Balaban J connectivity index is 2.42. The quantitative estimate of drug-likeness (QED) is 0.844. The van der Waals surface area contributed by atoms with Gasteiger partial charge in [0.1, 0.15) is 11.6 Å². The van der Waals surface area contributed by atoms with Gasteiger partial charge in [0.15, 0.2) is 5.82 Å². The number of hydrogen-bond donors (Lipinski definition) is 1. The molecule has 0 aliphatic rings. The van der Waals surface area contributed by atoms with E-state index in [1.165, 1.54) is 12.4 Å². The Morgan fingerprint density at radius 1 is 1.00 bits per heavy atom. The molecule has 3 nitrogen and oxygen atoms in total. The van der Waals surface area contributed by atoms with Gasteiger partial charge in [0.2, 0.25) is 0 Å². The average Bonchev–Trinajstić information content (AvgIpc) is 2.28. The first-order valence-electron chi connectivity index (χ1n) is 4.57. The summed E-state index contributed by atoms with van der Waals surface area (Å²) in [5.74, 6) is -1.13. The molecule has 0 saturated heterocycles. The topological polar surface area (TPSA) is 46.0 Å². The van der Waals surface area contributed by atoms with Crippen LogP contribution < -0.4 is 0 Å². The third-order valence-corrected chi connectivity index (χ3v) is 2.01. The van der Waals surface area contributed by atoms with Gasteiger partial charge >= 0.3 is 0 Å². The first kappa shape index (κ1) is 10.6. The normalized spacial score (nSPS) is 10.4. The van der Waals surface area contributed by atoms with Crippen molar-refractivity contribution in [1.29, 1.82) is 0 Å². The zero-order valence-corrected chi connectivity index (χ0v) is 8.19. The molecule has 2 aromatic rings. The summed E-state index contributed by atoms with van der Waals surface area (Å²) < 4.78 is 25.8. The number of rotatable bonds is 2. The van der Waals surface area contributed by atoms with Crippen molar-refractivity contribution in [3.8, 4) is 11.4 Å². The molecule has 0 amide bonds. The molecular weight excluding hydrogens is 214 g/mol. The van der Waals surface area contributed by atoms with E-state index in [4.69, 9.17) is 5.11 Å². The highest BCUT2D eigenvalue weighted by molar-refractivity contribution is 5.54. The van der Waals surface area contributed by atoms with E-state index in [0.29, 0.717) is 5.56 Å². The van der Waals surface area contributed by atoms with Crippen molar-refractivity contribution in [1.82, 2.24) is 9.97 Å². The maximum absolute atomic E-state index is 12.9. The van der Waals surface area contributed by atoms with Crippen LogP contribution in [0.2, 0.25) is 0 Å². The largest absolute Gasteiger partial charge is 0.392 e. The standard InChI is InChI=1S/C11H8F2N2O/c12-9-1-8(2-10(13)3-9)11-14-4-7(6-16)5-15-11/h1-5,16H,6H2. The highest BCUT2D eigenvalue weighted by Crippen LogP contribution is 2.17. The molecule has 0 saturated carbocycles. The summed E-state index contributed by atoms with van der Waals surface area (Å²) >= 11 is 0. The summed E-state index contributed by atoms with van der Waals surface area (Å²) in [6.45, 7) is -0.169. The minimum Gasteiger partial charge on any atom is -0.392 e. The number of halogens is 2. The summed E-state index contributed by atoms with van der Waals surface area (Å²) in [5, 5.41) is 8.79. The summed E-state index contributed by atoms with van der Waals surface area (Å²) in [4.78, 5) is 7.80. The number of aliphatic hydroxyl groups excluding tert-OH is 1. The Morgan fingerprint density at radius 2 is 1.56 bits per heavy atom. The number of benzene rings is 1. The Morgan fingerprint density at radius 3 is 2.06 bits per heavy atom. The molecule has 1 N–H and O–H groups in total. The van der Waals surface area contributed by atoms with Gasteiger partial charge in [-0.2, -0.15) is 0 Å². The van der Waals surface area contributed by atoms with Gasteiger partial charge < -0.3 is 5.11 Å². The first-order valence-corrected chi connectivity index (χ1v) is 4.57. The van der Waals surface area contributed by atoms with E-state index in [2.05, 4.69) is 9.97 Å². The average molecular weight is 222 g/mol. The smallest absolute Gasteiger partial charge is 0.159 e. The van der Waals surface area contributed by atoms with Gasteiger partial charge in [0.25, 0.3) is 0 Å². The van der Waals surface area contributed by atoms with E-state index in [-0.39, 0.29) is 18.0 Å². The Labute approximate surface area is 90.4 Å². The van der Waals surface area contributed by atoms with Crippen molar-refractivity contribution in [2.45, 2.75) is 6.61 Å². The molecule has 0 spiro atoms. The van der Waals surface area contributed by atoms with Crippen LogP contribution in [-0.2, 0) is 6.61 Å². The van der Waals surface area contributed by atoms with Crippen molar-refractivity contribution in [3.63, 3.8) is 0 Å². The lowest BCUT2D eigenvalue weighted by Gasteiger charge is -2.01. The summed E-state index contributed by atoms with van der Waals surface area (Å²) in [5.41, 5.74) is 0.808. The van der Waals surface area contributed by atoms with E-state index in [9.17, 15) is 8.78 Å².